The zero-order valence-electron chi connectivity index (χ0n) is 17.6. The van der Waals surface area contributed by atoms with E-state index in [-0.39, 0.29) is 11.1 Å². The Morgan fingerprint density at radius 2 is 0.767 bits per heavy atom. The molecule has 0 unspecified atom stereocenters. The largest absolute Gasteiger partial charge is 0.493 e. The van der Waals surface area contributed by atoms with Gasteiger partial charge in [-0.15, -0.1) is 0 Å². The number of methoxy groups -OCH3 is 6. The van der Waals surface area contributed by atoms with Gasteiger partial charge in [0.1, 0.15) is 0 Å². The summed E-state index contributed by atoms with van der Waals surface area (Å²) in [6.45, 7) is 0. The highest BCUT2D eigenvalue weighted by Gasteiger charge is 2.28. The SMILES string of the molecule is COC(=O)c1c(C(=O)OC)c2cc(OC)c(OC)cc2c2cc(OC)c(OC)cc12. The highest BCUT2D eigenvalue weighted by atomic mass is 16.5. The minimum atomic E-state index is -0.690. The van der Waals surface area contributed by atoms with E-state index >= 15 is 0 Å². The van der Waals surface area contributed by atoms with Crippen molar-refractivity contribution in [3.63, 3.8) is 0 Å². The van der Waals surface area contributed by atoms with Crippen LogP contribution in [-0.2, 0) is 9.47 Å². The molecule has 0 spiro atoms. The summed E-state index contributed by atoms with van der Waals surface area (Å²) >= 11 is 0. The Labute approximate surface area is 173 Å². The van der Waals surface area contributed by atoms with E-state index in [0.29, 0.717) is 44.5 Å². The standard InChI is InChI=1S/C22H22O8/c1-25-15-7-11-12-8-16(26-2)18(28-4)10-14(12)20(22(24)30-6)19(21(23)29-5)13(11)9-17(15)27-3/h7-10H,1-6H3. The van der Waals surface area contributed by atoms with Crippen molar-refractivity contribution >= 4 is 33.5 Å². The van der Waals surface area contributed by atoms with E-state index in [1.165, 1.54) is 42.7 Å². The maximum atomic E-state index is 12.8. The summed E-state index contributed by atoms with van der Waals surface area (Å²) < 4.78 is 31.6. The van der Waals surface area contributed by atoms with Gasteiger partial charge in [-0.2, -0.15) is 0 Å². The fourth-order valence-corrected chi connectivity index (χ4v) is 3.51. The van der Waals surface area contributed by atoms with Crippen molar-refractivity contribution in [2.45, 2.75) is 0 Å². The van der Waals surface area contributed by atoms with Gasteiger partial charge in [-0.1, -0.05) is 0 Å². The fraction of sp³-hybridized carbons (Fsp3) is 0.273. The molecule has 0 radical (unpaired) electrons. The summed E-state index contributed by atoms with van der Waals surface area (Å²) in [5.74, 6) is 0.329. The minimum absolute atomic E-state index is 0.0556. The number of hydrogen-bond donors (Lipinski definition) is 0. The third-order valence-electron chi connectivity index (χ3n) is 4.91. The van der Waals surface area contributed by atoms with Gasteiger partial charge in [-0.05, 0) is 35.0 Å². The number of rotatable bonds is 6. The Morgan fingerprint density at radius 3 is 1.00 bits per heavy atom. The predicted molar refractivity (Wildman–Crippen MR) is 110 cm³/mol. The average Bonchev–Trinajstić information content (AvgIpc) is 2.79. The first-order valence-electron chi connectivity index (χ1n) is 8.89. The van der Waals surface area contributed by atoms with Crippen molar-refractivity contribution in [2.24, 2.45) is 0 Å². The molecular weight excluding hydrogens is 392 g/mol. The zero-order valence-corrected chi connectivity index (χ0v) is 17.6. The highest BCUT2D eigenvalue weighted by molar-refractivity contribution is 6.25. The van der Waals surface area contributed by atoms with Gasteiger partial charge in [0.25, 0.3) is 0 Å². The van der Waals surface area contributed by atoms with Crippen molar-refractivity contribution in [3.05, 3.63) is 35.4 Å². The van der Waals surface area contributed by atoms with E-state index in [1.807, 2.05) is 0 Å². The first-order chi connectivity index (χ1) is 14.4. The molecule has 3 aromatic rings. The van der Waals surface area contributed by atoms with Gasteiger partial charge in [-0.3, -0.25) is 0 Å². The van der Waals surface area contributed by atoms with Crippen LogP contribution < -0.4 is 18.9 Å². The Bertz CT molecular complexity index is 1060. The molecule has 3 aromatic carbocycles. The quantitative estimate of drug-likeness (QED) is 0.447. The smallest absolute Gasteiger partial charge is 0.339 e. The van der Waals surface area contributed by atoms with Crippen LogP contribution in [0.5, 0.6) is 23.0 Å². The normalized spacial score (nSPS) is 10.6. The Morgan fingerprint density at radius 1 is 0.500 bits per heavy atom. The lowest BCUT2D eigenvalue weighted by Crippen LogP contribution is -2.14. The molecule has 0 aliphatic rings. The molecule has 0 atom stereocenters. The van der Waals surface area contributed by atoms with Crippen molar-refractivity contribution < 1.29 is 38.0 Å². The van der Waals surface area contributed by atoms with Crippen molar-refractivity contribution in [2.75, 3.05) is 42.7 Å². The molecule has 0 N–H and O–H groups in total. The van der Waals surface area contributed by atoms with Crippen LogP contribution in [0.1, 0.15) is 20.7 Å². The zero-order chi connectivity index (χ0) is 22.0. The lowest BCUT2D eigenvalue weighted by Gasteiger charge is -2.18. The second-order valence-electron chi connectivity index (χ2n) is 6.24. The third kappa shape index (κ3) is 3.20. The molecule has 8 nitrogen and oxygen atoms in total. The van der Waals surface area contributed by atoms with E-state index in [9.17, 15) is 9.59 Å². The van der Waals surface area contributed by atoms with Crippen LogP contribution in [-0.4, -0.2) is 54.6 Å². The van der Waals surface area contributed by atoms with Gasteiger partial charge in [-0.25, -0.2) is 9.59 Å². The molecule has 0 fully saturated rings. The average molecular weight is 414 g/mol. The summed E-state index contributed by atoms with van der Waals surface area (Å²) in [5.41, 5.74) is 0.111. The van der Waals surface area contributed by atoms with Crippen LogP contribution in [0.15, 0.2) is 24.3 Å². The minimum Gasteiger partial charge on any atom is -0.493 e. The van der Waals surface area contributed by atoms with Gasteiger partial charge >= 0.3 is 11.9 Å². The fourth-order valence-electron chi connectivity index (χ4n) is 3.51. The van der Waals surface area contributed by atoms with Gasteiger partial charge in [0.2, 0.25) is 0 Å². The molecule has 3 rings (SSSR count). The van der Waals surface area contributed by atoms with E-state index in [4.69, 9.17) is 28.4 Å². The Balaban J connectivity index is 2.67. The molecular formula is C22H22O8. The molecule has 8 heteroatoms. The number of carbonyl (C=O) groups is 2. The molecule has 0 amide bonds. The molecule has 30 heavy (non-hydrogen) atoms. The number of fused-ring (bicyclic) bond motifs is 3. The topological polar surface area (TPSA) is 89.5 Å². The summed E-state index contributed by atoms with van der Waals surface area (Å²) in [6.07, 6.45) is 0. The first kappa shape index (κ1) is 21.0. The number of benzene rings is 3. The maximum absolute atomic E-state index is 12.8. The number of hydrogen-bond acceptors (Lipinski definition) is 8. The molecule has 0 saturated heterocycles. The van der Waals surface area contributed by atoms with Gasteiger partial charge in [0.15, 0.2) is 23.0 Å². The molecule has 0 aliphatic carbocycles. The lowest BCUT2D eigenvalue weighted by atomic mass is 9.90. The number of carbonyl (C=O) groups excluding carboxylic acids is 2. The molecule has 158 valence electrons. The van der Waals surface area contributed by atoms with Crippen LogP contribution in [0.3, 0.4) is 0 Å². The Kier molecular flexibility index (Phi) is 5.86. The third-order valence-corrected chi connectivity index (χ3v) is 4.91. The van der Waals surface area contributed by atoms with Crippen LogP contribution in [0.25, 0.3) is 21.5 Å². The van der Waals surface area contributed by atoms with Crippen molar-refractivity contribution in [1.29, 1.82) is 0 Å². The molecule has 0 saturated carbocycles. The number of esters is 2. The molecule has 0 heterocycles. The highest BCUT2D eigenvalue weighted by Crippen LogP contribution is 2.43. The predicted octanol–water partition coefficient (Wildman–Crippen LogP) is 3.60. The molecule has 0 bridgehead atoms. The molecule has 0 aliphatic heterocycles. The van der Waals surface area contributed by atoms with Crippen LogP contribution in [0, 0.1) is 0 Å². The maximum Gasteiger partial charge on any atom is 0.339 e. The van der Waals surface area contributed by atoms with Crippen molar-refractivity contribution in [3.8, 4) is 23.0 Å². The summed E-state index contributed by atoms with van der Waals surface area (Å²) in [4.78, 5) is 25.6. The van der Waals surface area contributed by atoms with E-state index in [2.05, 4.69) is 0 Å². The van der Waals surface area contributed by atoms with E-state index < -0.39 is 11.9 Å². The monoisotopic (exact) mass is 414 g/mol. The summed E-state index contributed by atoms with van der Waals surface area (Å²) in [6, 6.07) is 6.72. The van der Waals surface area contributed by atoms with Gasteiger partial charge < -0.3 is 28.4 Å². The molecule has 0 aromatic heterocycles. The van der Waals surface area contributed by atoms with Crippen molar-refractivity contribution in [1.82, 2.24) is 0 Å². The van der Waals surface area contributed by atoms with E-state index in [0.717, 1.165) is 0 Å². The summed E-state index contributed by atoms with van der Waals surface area (Å²) in [5, 5.41) is 2.16. The second kappa shape index (κ2) is 8.36. The first-order valence-corrected chi connectivity index (χ1v) is 8.89. The Hall–Kier alpha value is -3.68. The summed E-state index contributed by atoms with van der Waals surface area (Å²) in [7, 11) is 8.48. The second-order valence-corrected chi connectivity index (χ2v) is 6.24. The van der Waals surface area contributed by atoms with E-state index in [1.54, 1.807) is 24.3 Å². The van der Waals surface area contributed by atoms with Gasteiger partial charge in [0.05, 0.1) is 53.8 Å². The van der Waals surface area contributed by atoms with Crippen LogP contribution >= 0.6 is 0 Å². The van der Waals surface area contributed by atoms with Crippen LogP contribution in [0.4, 0.5) is 0 Å². The lowest BCUT2D eigenvalue weighted by molar-refractivity contribution is 0.0559. The van der Waals surface area contributed by atoms with Crippen LogP contribution in [0.2, 0.25) is 0 Å². The van der Waals surface area contributed by atoms with Gasteiger partial charge in [0, 0.05) is 10.8 Å². The number of ether oxygens (including phenoxy) is 6.